The highest BCUT2D eigenvalue weighted by molar-refractivity contribution is 7.16. The number of carbonyl (C=O) groups excluding carboxylic acids is 1. The number of nitrogens with one attached hydrogen (secondary N) is 2. The molecule has 136 valence electrons. The van der Waals surface area contributed by atoms with Gasteiger partial charge in [-0.3, -0.25) is 14.7 Å². The van der Waals surface area contributed by atoms with Crippen LogP contribution in [0, 0.1) is 6.92 Å². The zero-order valence-corrected chi connectivity index (χ0v) is 15.5. The van der Waals surface area contributed by atoms with E-state index in [0.717, 1.165) is 16.5 Å². The first-order chi connectivity index (χ1) is 12.5. The van der Waals surface area contributed by atoms with Crippen molar-refractivity contribution in [3.8, 4) is 5.88 Å². The van der Waals surface area contributed by atoms with E-state index < -0.39 is 6.09 Å². The van der Waals surface area contributed by atoms with Crippen molar-refractivity contribution in [3.63, 3.8) is 0 Å². The maximum absolute atomic E-state index is 12.1. The van der Waals surface area contributed by atoms with Crippen LogP contribution in [0.5, 0.6) is 5.88 Å². The molecule has 1 fully saturated rings. The number of ether oxygens (including phenoxy) is 1. The van der Waals surface area contributed by atoms with Crippen molar-refractivity contribution in [2.45, 2.75) is 25.7 Å². The number of thiazole rings is 1. The third kappa shape index (κ3) is 3.54. The lowest BCUT2D eigenvalue weighted by molar-refractivity contribution is 0.213. The van der Waals surface area contributed by atoms with Crippen LogP contribution in [0.2, 0.25) is 0 Å². The van der Waals surface area contributed by atoms with E-state index in [1.54, 1.807) is 28.7 Å². The summed E-state index contributed by atoms with van der Waals surface area (Å²) in [7, 11) is 3.66. The van der Waals surface area contributed by atoms with Crippen LogP contribution in [0.1, 0.15) is 29.5 Å². The minimum atomic E-state index is -0.638. The van der Waals surface area contributed by atoms with Crippen LogP contribution < -0.4 is 15.4 Å². The van der Waals surface area contributed by atoms with E-state index >= 15 is 0 Å². The first kappa shape index (κ1) is 16.6. The second kappa shape index (κ2) is 6.45. The van der Waals surface area contributed by atoms with E-state index in [2.05, 4.69) is 25.8 Å². The molecule has 3 aromatic rings. The average molecular weight is 373 g/mol. The summed E-state index contributed by atoms with van der Waals surface area (Å²) >= 11 is 1.42. The number of amides is 1. The smallest absolute Gasteiger partial charge is 0.388 e. The Morgan fingerprint density at radius 3 is 2.85 bits per heavy atom. The quantitative estimate of drug-likeness (QED) is 0.713. The van der Waals surface area contributed by atoms with Crippen LogP contribution in [-0.4, -0.2) is 30.6 Å². The summed E-state index contributed by atoms with van der Waals surface area (Å²) < 4.78 is 8.75. The molecule has 0 atom stereocenters. The van der Waals surface area contributed by atoms with Gasteiger partial charge in [-0.15, -0.1) is 0 Å². The summed E-state index contributed by atoms with van der Waals surface area (Å²) in [5, 5.41) is 15.9. The highest BCUT2D eigenvalue weighted by Crippen LogP contribution is 2.41. The van der Waals surface area contributed by atoms with Crippen molar-refractivity contribution in [3.05, 3.63) is 29.0 Å². The lowest BCUT2D eigenvalue weighted by Crippen LogP contribution is -2.18. The molecule has 1 amide bonds. The summed E-state index contributed by atoms with van der Waals surface area (Å²) in [5.41, 5.74) is 1.09. The van der Waals surface area contributed by atoms with Gasteiger partial charge in [-0.05, 0) is 19.8 Å². The highest BCUT2D eigenvalue weighted by atomic mass is 32.1. The Morgan fingerprint density at radius 2 is 2.15 bits per heavy atom. The van der Waals surface area contributed by atoms with E-state index in [9.17, 15) is 4.79 Å². The van der Waals surface area contributed by atoms with Gasteiger partial charge in [-0.2, -0.15) is 10.2 Å². The summed E-state index contributed by atoms with van der Waals surface area (Å²) in [6.07, 6.45) is 3.48. The molecular weight excluding hydrogens is 354 g/mol. The number of hydrogen-bond acceptors (Lipinski definition) is 7. The van der Waals surface area contributed by atoms with Crippen LogP contribution in [0.15, 0.2) is 18.3 Å². The molecular formula is C16H19N7O2S. The van der Waals surface area contributed by atoms with Crippen molar-refractivity contribution in [1.29, 1.82) is 0 Å². The molecule has 1 aliphatic rings. The Balaban J connectivity index is 1.48. The molecule has 3 aromatic heterocycles. The fourth-order valence-corrected chi connectivity index (χ4v) is 3.31. The predicted octanol–water partition coefficient (Wildman–Crippen LogP) is 3.15. The molecule has 1 saturated carbocycles. The number of carbonyl (C=O) groups is 1. The third-order valence-corrected chi connectivity index (χ3v) is 4.84. The molecule has 9 nitrogen and oxygen atoms in total. The maximum Gasteiger partial charge on any atom is 0.419 e. The van der Waals surface area contributed by atoms with E-state index in [-0.39, 0.29) is 5.88 Å². The van der Waals surface area contributed by atoms with Crippen LogP contribution in [-0.2, 0) is 14.1 Å². The first-order valence-electron chi connectivity index (χ1n) is 8.25. The fraction of sp³-hybridized carbons (Fsp3) is 0.375. The molecule has 0 unspecified atom stereocenters. The number of hydrogen-bond donors (Lipinski definition) is 2. The maximum atomic E-state index is 12.1. The van der Waals surface area contributed by atoms with Gasteiger partial charge in [0.1, 0.15) is 5.82 Å². The largest absolute Gasteiger partial charge is 0.419 e. The van der Waals surface area contributed by atoms with Gasteiger partial charge in [0.25, 0.3) is 5.88 Å². The van der Waals surface area contributed by atoms with Crippen molar-refractivity contribution in [2.75, 3.05) is 10.6 Å². The Morgan fingerprint density at radius 1 is 1.35 bits per heavy atom. The summed E-state index contributed by atoms with van der Waals surface area (Å²) in [4.78, 5) is 16.4. The molecule has 0 radical (unpaired) electrons. The number of nitrogens with zero attached hydrogens (tertiary/aromatic N) is 5. The normalized spacial score (nSPS) is 13.7. The molecule has 0 aromatic carbocycles. The zero-order valence-electron chi connectivity index (χ0n) is 14.7. The molecule has 0 bridgehead atoms. The SMILES string of the molecule is Cc1nc(OC(=O)Nc2ccn(C)n2)c(Nc2cc(C3CC3)nn2C)s1. The van der Waals surface area contributed by atoms with Gasteiger partial charge in [0.15, 0.2) is 10.8 Å². The molecule has 4 rings (SSSR count). The Kier molecular flexibility index (Phi) is 4.11. The lowest BCUT2D eigenvalue weighted by Gasteiger charge is -2.06. The van der Waals surface area contributed by atoms with Gasteiger partial charge < -0.3 is 10.1 Å². The van der Waals surface area contributed by atoms with Gasteiger partial charge in [-0.25, -0.2) is 9.78 Å². The monoisotopic (exact) mass is 373 g/mol. The molecule has 0 saturated heterocycles. The lowest BCUT2D eigenvalue weighted by atomic mass is 10.3. The van der Waals surface area contributed by atoms with E-state index in [1.165, 1.54) is 24.2 Å². The van der Waals surface area contributed by atoms with Gasteiger partial charge in [0, 0.05) is 38.3 Å². The highest BCUT2D eigenvalue weighted by Gasteiger charge is 2.27. The van der Waals surface area contributed by atoms with E-state index in [0.29, 0.717) is 16.7 Å². The summed E-state index contributed by atoms with van der Waals surface area (Å²) in [6, 6.07) is 3.71. The second-order valence-electron chi connectivity index (χ2n) is 6.23. The van der Waals surface area contributed by atoms with Crippen molar-refractivity contribution in [2.24, 2.45) is 14.1 Å². The van der Waals surface area contributed by atoms with Gasteiger partial charge in [0.05, 0.1) is 10.7 Å². The molecule has 10 heteroatoms. The van der Waals surface area contributed by atoms with E-state index in [1.807, 2.05) is 20.0 Å². The van der Waals surface area contributed by atoms with E-state index in [4.69, 9.17) is 4.74 Å². The van der Waals surface area contributed by atoms with Gasteiger partial charge >= 0.3 is 6.09 Å². The predicted molar refractivity (Wildman–Crippen MR) is 98.2 cm³/mol. The Bertz CT molecular complexity index is 954. The molecule has 1 aliphatic carbocycles. The van der Waals surface area contributed by atoms with Gasteiger partial charge in [-0.1, -0.05) is 11.3 Å². The minimum absolute atomic E-state index is 0.232. The number of aromatic nitrogens is 5. The third-order valence-electron chi connectivity index (χ3n) is 3.97. The zero-order chi connectivity index (χ0) is 18.3. The van der Waals surface area contributed by atoms with Crippen LogP contribution in [0.25, 0.3) is 0 Å². The molecule has 0 aliphatic heterocycles. The number of anilines is 3. The number of aryl methyl sites for hydroxylation is 3. The van der Waals surface area contributed by atoms with Crippen LogP contribution >= 0.6 is 11.3 Å². The topological polar surface area (TPSA) is 98.9 Å². The first-order valence-corrected chi connectivity index (χ1v) is 9.06. The summed E-state index contributed by atoms with van der Waals surface area (Å²) in [6.45, 7) is 1.86. The van der Waals surface area contributed by atoms with Crippen molar-refractivity contribution < 1.29 is 9.53 Å². The molecule has 3 heterocycles. The average Bonchev–Trinajstić information content (AvgIpc) is 3.13. The van der Waals surface area contributed by atoms with Crippen molar-refractivity contribution >= 4 is 34.1 Å². The minimum Gasteiger partial charge on any atom is -0.388 e. The molecule has 0 spiro atoms. The Labute approximate surface area is 154 Å². The fourth-order valence-electron chi connectivity index (χ4n) is 2.56. The molecule has 2 N–H and O–H groups in total. The standard InChI is InChI=1S/C16H19N7O2S/c1-9-17-14(25-16(24)18-12-6-7-22(2)21-12)15(26-9)19-13-8-11(10-4-5-10)20-23(13)3/h6-8,10,19H,4-5H2,1-3H3,(H,18,21,24). The number of rotatable bonds is 5. The second-order valence-corrected chi connectivity index (χ2v) is 7.44. The van der Waals surface area contributed by atoms with Crippen molar-refractivity contribution in [1.82, 2.24) is 24.5 Å². The van der Waals surface area contributed by atoms with Crippen LogP contribution in [0.3, 0.4) is 0 Å². The Hall–Kier alpha value is -2.88. The van der Waals surface area contributed by atoms with Gasteiger partial charge in [0.2, 0.25) is 0 Å². The molecule has 26 heavy (non-hydrogen) atoms. The van der Waals surface area contributed by atoms with Crippen LogP contribution in [0.4, 0.5) is 21.4 Å². The summed E-state index contributed by atoms with van der Waals surface area (Å²) in [5.74, 6) is 2.06.